The van der Waals surface area contributed by atoms with E-state index in [9.17, 15) is 9.59 Å². The fourth-order valence-electron chi connectivity index (χ4n) is 3.58. The van der Waals surface area contributed by atoms with E-state index in [2.05, 4.69) is 33.0 Å². The van der Waals surface area contributed by atoms with Crippen LogP contribution in [0.3, 0.4) is 0 Å². The number of hydrogen-bond acceptors (Lipinski definition) is 2. The molecule has 1 unspecified atom stereocenters. The quantitative estimate of drug-likeness (QED) is 0.838. The third-order valence-electron chi connectivity index (χ3n) is 5.86. The summed E-state index contributed by atoms with van der Waals surface area (Å²) in [6.07, 6.45) is 2.86. The van der Waals surface area contributed by atoms with Gasteiger partial charge >= 0.3 is 12.0 Å². The Hall–Kier alpha value is -1.26. The molecule has 2 rings (SSSR count). The fourth-order valence-corrected chi connectivity index (χ4v) is 3.58. The molecule has 0 aromatic heterocycles. The second kappa shape index (κ2) is 5.50. The maximum atomic E-state index is 12.4. The lowest BCUT2D eigenvalue weighted by molar-refractivity contribution is -0.137. The van der Waals surface area contributed by atoms with Crippen molar-refractivity contribution in [1.82, 2.24) is 10.2 Å². The predicted octanol–water partition coefficient (Wildman–Crippen LogP) is 2.71. The Labute approximate surface area is 127 Å². The van der Waals surface area contributed by atoms with Gasteiger partial charge < -0.3 is 15.3 Å². The Balaban J connectivity index is 1.84. The second-order valence-corrected chi connectivity index (χ2v) is 7.71. The average Bonchev–Trinajstić information content (AvgIpc) is 2.79. The second-order valence-electron chi connectivity index (χ2n) is 7.71. The first kappa shape index (κ1) is 16.1. The van der Waals surface area contributed by atoms with Crippen LogP contribution >= 0.6 is 0 Å². The third-order valence-corrected chi connectivity index (χ3v) is 5.86. The summed E-state index contributed by atoms with van der Waals surface area (Å²) in [5.74, 6) is -0.432. The molecule has 2 fully saturated rings. The highest BCUT2D eigenvalue weighted by molar-refractivity contribution is 5.75. The zero-order valence-electron chi connectivity index (χ0n) is 13.6. The molecule has 1 aliphatic heterocycles. The summed E-state index contributed by atoms with van der Waals surface area (Å²) in [4.78, 5) is 24.9. The molecule has 2 aliphatic rings. The summed E-state index contributed by atoms with van der Waals surface area (Å²) >= 11 is 0. The molecule has 1 aliphatic carbocycles. The van der Waals surface area contributed by atoms with Crippen molar-refractivity contribution in [3.63, 3.8) is 0 Å². The number of urea groups is 1. The van der Waals surface area contributed by atoms with Crippen molar-refractivity contribution in [2.24, 2.45) is 16.7 Å². The van der Waals surface area contributed by atoms with Crippen LogP contribution < -0.4 is 5.32 Å². The number of carbonyl (C=O) groups excluding carboxylic acids is 1. The van der Waals surface area contributed by atoms with Gasteiger partial charge in [-0.2, -0.15) is 0 Å². The van der Waals surface area contributed by atoms with Crippen LogP contribution in [-0.2, 0) is 4.79 Å². The van der Waals surface area contributed by atoms with Gasteiger partial charge in [0.05, 0.1) is 0 Å². The molecule has 0 aromatic rings. The van der Waals surface area contributed by atoms with Gasteiger partial charge in [-0.25, -0.2) is 4.79 Å². The highest BCUT2D eigenvalue weighted by Gasteiger charge is 2.65. The first-order valence-corrected chi connectivity index (χ1v) is 7.93. The van der Waals surface area contributed by atoms with Crippen LogP contribution in [0, 0.1) is 16.7 Å². The van der Waals surface area contributed by atoms with Crippen molar-refractivity contribution in [3.8, 4) is 0 Å². The summed E-state index contributed by atoms with van der Waals surface area (Å²) in [5, 5.41) is 11.9. The van der Waals surface area contributed by atoms with Crippen LogP contribution in [0.25, 0.3) is 0 Å². The number of piperidine rings is 1. The summed E-state index contributed by atoms with van der Waals surface area (Å²) < 4.78 is 0. The number of carboxylic acids is 1. The molecular formula is C16H28N2O3. The van der Waals surface area contributed by atoms with Crippen molar-refractivity contribution in [2.45, 2.75) is 59.4 Å². The molecule has 0 bridgehead atoms. The lowest BCUT2D eigenvalue weighted by Gasteiger charge is -2.33. The summed E-state index contributed by atoms with van der Waals surface area (Å²) in [7, 11) is 0. The Morgan fingerprint density at radius 1 is 1.24 bits per heavy atom. The van der Waals surface area contributed by atoms with E-state index in [0.717, 1.165) is 19.4 Å². The van der Waals surface area contributed by atoms with Crippen LogP contribution in [-0.4, -0.2) is 41.1 Å². The number of carboxylic acid groups (broad SMARTS) is 1. The summed E-state index contributed by atoms with van der Waals surface area (Å²) in [6, 6.07) is 0.232. The minimum Gasteiger partial charge on any atom is -0.481 e. The van der Waals surface area contributed by atoms with Gasteiger partial charge in [-0.15, -0.1) is 0 Å². The molecule has 5 heteroatoms. The van der Waals surface area contributed by atoms with Gasteiger partial charge in [0.1, 0.15) is 0 Å². The molecule has 2 amide bonds. The Morgan fingerprint density at radius 3 is 2.38 bits per heavy atom. The predicted molar refractivity (Wildman–Crippen MR) is 81.0 cm³/mol. The van der Waals surface area contributed by atoms with E-state index >= 15 is 0 Å². The molecule has 1 atom stereocenters. The van der Waals surface area contributed by atoms with Gasteiger partial charge in [0, 0.05) is 25.6 Å². The number of carbonyl (C=O) groups is 2. The summed E-state index contributed by atoms with van der Waals surface area (Å²) in [6.45, 7) is 10.2. The zero-order chi connectivity index (χ0) is 15.8. The highest BCUT2D eigenvalue weighted by Crippen LogP contribution is 2.62. The lowest BCUT2D eigenvalue weighted by atomic mass is 9.93. The van der Waals surface area contributed by atoms with Crippen molar-refractivity contribution in [2.75, 3.05) is 13.1 Å². The van der Waals surface area contributed by atoms with Gasteiger partial charge in [0.15, 0.2) is 0 Å². The molecule has 5 nitrogen and oxygen atoms in total. The van der Waals surface area contributed by atoms with Gasteiger partial charge in [0.2, 0.25) is 0 Å². The monoisotopic (exact) mass is 296 g/mol. The lowest BCUT2D eigenvalue weighted by Crippen LogP contribution is -2.47. The smallest absolute Gasteiger partial charge is 0.317 e. The molecule has 0 spiro atoms. The number of aliphatic carboxylic acids is 1. The molecule has 1 saturated heterocycles. The highest BCUT2D eigenvalue weighted by atomic mass is 16.4. The van der Waals surface area contributed by atoms with E-state index in [1.807, 2.05) is 4.90 Å². The molecule has 21 heavy (non-hydrogen) atoms. The molecule has 120 valence electrons. The van der Waals surface area contributed by atoms with Crippen molar-refractivity contribution in [1.29, 1.82) is 0 Å². The van der Waals surface area contributed by atoms with Gasteiger partial charge in [-0.05, 0) is 36.0 Å². The molecule has 1 saturated carbocycles. The van der Waals surface area contributed by atoms with E-state index in [0.29, 0.717) is 18.9 Å². The Kier molecular flexibility index (Phi) is 4.22. The number of hydrogen-bond donors (Lipinski definition) is 2. The minimum atomic E-state index is -0.752. The number of rotatable bonds is 4. The van der Waals surface area contributed by atoms with Crippen LogP contribution in [0.2, 0.25) is 0 Å². The molecule has 2 N–H and O–H groups in total. The van der Waals surface area contributed by atoms with Gasteiger partial charge in [-0.1, -0.05) is 27.7 Å². The van der Waals surface area contributed by atoms with Crippen molar-refractivity contribution in [3.05, 3.63) is 0 Å². The topological polar surface area (TPSA) is 69.6 Å². The first-order chi connectivity index (χ1) is 9.66. The fraction of sp³-hybridized carbons (Fsp3) is 0.875. The zero-order valence-corrected chi connectivity index (χ0v) is 13.6. The molecule has 0 aromatic carbocycles. The number of nitrogens with one attached hydrogen (secondary N) is 1. The van der Waals surface area contributed by atoms with Gasteiger partial charge in [0.25, 0.3) is 0 Å². The SMILES string of the molecule is CC1(C)C(NC(=O)N2CCCC(CCC(=O)O)C2)C1(C)C. The van der Waals surface area contributed by atoms with Gasteiger partial charge in [-0.3, -0.25) is 4.79 Å². The van der Waals surface area contributed by atoms with E-state index in [-0.39, 0.29) is 29.3 Å². The molecule has 0 radical (unpaired) electrons. The molecular weight excluding hydrogens is 268 g/mol. The number of amides is 2. The van der Waals surface area contributed by atoms with Crippen LogP contribution in [0.15, 0.2) is 0 Å². The average molecular weight is 296 g/mol. The number of likely N-dealkylation sites (tertiary alicyclic amines) is 1. The molecule has 1 heterocycles. The largest absolute Gasteiger partial charge is 0.481 e. The van der Waals surface area contributed by atoms with E-state index in [1.54, 1.807) is 0 Å². The van der Waals surface area contributed by atoms with E-state index in [1.165, 1.54) is 0 Å². The standard InChI is InChI=1S/C16H28N2O3/c1-15(2)13(16(15,3)4)17-14(21)18-9-5-6-11(10-18)7-8-12(19)20/h11,13H,5-10H2,1-4H3,(H,17,21)(H,19,20). The van der Waals surface area contributed by atoms with Crippen molar-refractivity contribution < 1.29 is 14.7 Å². The van der Waals surface area contributed by atoms with Crippen molar-refractivity contribution >= 4 is 12.0 Å². The third kappa shape index (κ3) is 3.16. The van der Waals surface area contributed by atoms with Crippen LogP contribution in [0.5, 0.6) is 0 Å². The normalized spacial score (nSPS) is 27.2. The summed E-state index contributed by atoms with van der Waals surface area (Å²) in [5.41, 5.74) is 0.280. The van der Waals surface area contributed by atoms with E-state index < -0.39 is 5.97 Å². The van der Waals surface area contributed by atoms with Crippen LogP contribution in [0.1, 0.15) is 53.4 Å². The van der Waals surface area contributed by atoms with Crippen LogP contribution in [0.4, 0.5) is 4.79 Å². The maximum absolute atomic E-state index is 12.4. The Bertz CT molecular complexity index is 417. The maximum Gasteiger partial charge on any atom is 0.317 e. The van der Waals surface area contributed by atoms with E-state index in [4.69, 9.17) is 5.11 Å². The number of nitrogens with zero attached hydrogens (tertiary/aromatic N) is 1. The first-order valence-electron chi connectivity index (χ1n) is 7.93. The Morgan fingerprint density at radius 2 is 1.86 bits per heavy atom. The minimum absolute atomic E-state index is 0.0127.